The molecule has 17 heavy (non-hydrogen) atoms. The first-order chi connectivity index (χ1) is 7.73. The molecule has 2 rings (SSSR count). The van der Waals surface area contributed by atoms with Crippen molar-refractivity contribution in [2.75, 3.05) is 31.1 Å². The average molecular weight is 260 g/mol. The predicted molar refractivity (Wildman–Crippen MR) is 69.9 cm³/mol. The molecule has 1 atom stereocenters. The van der Waals surface area contributed by atoms with Gasteiger partial charge in [-0.05, 0) is 46.7 Å². The van der Waals surface area contributed by atoms with Crippen LogP contribution in [-0.2, 0) is 9.84 Å². The Balaban J connectivity index is 2.16. The lowest BCUT2D eigenvalue weighted by atomic mass is 9.96. The Kier molecular flexibility index (Phi) is 3.30. The van der Waals surface area contributed by atoms with Crippen LogP contribution in [0.15, 0.2) is 0 Å². The van der Waals surface area contributed by atoms with Crippen LogP contribution in [-0.4, -0.2) is 55.5 Å². The summed E-state index contributed by atoms with van der Waals surface area (Å²) in [6, 6.07) is 0. The van der Waals surface area contributed by atoms with Gasteiger partial charge < -0.3 is 5.32 Å². The van der Waals surface area contributed by atoms with Gasteiger partial charge in [-0.25, -0.2) is 8.42 Å². The minimum atomic E-state index is -2.81. The van der Waals surface area contributed by atoms with E-state index < -0.39 is 9.84 Å². The predicted octanol–water partition coefficient (Wildman–Crippen LogP) is 0.638. The van der Waals surface area contributed by atoms with Crippen molar-refractivity contribution in [1.29, 1.82) is 0 Å². The van der Waals surface area contributed by atoms with Crippen LogP contribution in [0.25, 0.3) is 0 Å². The molecular formula is C12H24N2O2S. The van der Waals surface area contributed by atoms with Crippen LogP contribution in [0.5, 0.6) is 0 Å². The molecule has 100 valence electrons. The van der Waals surface area contributed by atoms with Crippen molar-refractivity contribution >= 4 is 9.84 Å². The van der Waals surface area contributed by atoms with Crippen molar-refractivity contribution in [1.82, 2.24) is 10.2 Å². The molecule has 5 heteroatoms. The fourth-order valence-corrected chi connectivity index (χ4v) is 5.18. The highest BCUT2D eigenvalue weighted by molar-refractivity contribution is 7.91. The zero-order valence-electron chi connectivity index (χ0n) is 11.1. The lowest BCUT2D eigenvalue weighted by Crippen LogP contribution is -2.54. The standard InChI is InChI=1S/C12H24N2O2S/c1-11(2)9-14(7-4-6-13-11)12(3)5-8-17(15,16)10-12/h13H,4-10H2,1-3H3. The van der Waals surface area contributed by atoms with Gasteiger partial charge in [0, 0.05) is 17.6 Å². The van der Waals surface area contributed by atoms with E-state index in [2.05, 4.69) is 31.0 Å². The molecule has 0 aromatic heterocycles. The third-order valence-corrected chi connectivity index (χ3v) is 5.93. The number of nitrogens with zero attached hydrogens (tertiary/aromatic N) is 1. The Morgan fingerprint density at radius 3 is 2.53 bits per heavy atom. The normalized spacial score (nSPS) is 37.8. The lowest BCUT2D eigenvalue weighted by Gasteiger charge is -2.40. The molecule has 0 aromatic rings. The summed E-state index contributed by atoms with van der Waals surface area (Å²) in [5.41, 5.74) is -0.0754. The van der Waals surface area contributed by atoms with Crippen molar-refractivity contribution in [2.45, 2.75) is 44.7 Å². The summed E-state index contributed by atoms with van der Waals surface area (Å²) in [7, 11) is -2.81. The maximum absolute atomic E-state index is 11.7. The van der Waals surface area contributed by atoms with Crippen LogP contribution >= 0.6 is 0 Å². The molecule has 2 aliphatic rings. The molecule has 4 nitrogen and oxygen atoms in total. The molecule has 2 fully saturated rings. The molecule has 1 unspecified atom stereocenters. The van der Waals surface area contributed by atoms with Crippen molar-refractivity contribution in [2.24, 2.45) is 0 Å². The summed E-state index contributed by atoms with van der Waals surface area (Å²) in [6.07, 6.45) is 1.88. The highest BCUT2D eigenvalue weighted by atomic mass is 32.2. The summed E-state index contributed by atoms with van der Waals surface area (Å²) < 4.78 is 23.4. The highest BCUT2D eigenvalue weighted by Crippen LogP contribution is 2.31. The minimum Gasteiger partial charge on any atom is -0.310 e. The van der Waals surface area contributed by atoms with Gasteiger partial charge in [0.05, 0.1) is 11.5 Å². The largest absolute Gasteiger partial charge is 0.310 e. The van der Waals surface area contributed by atoms with Crippen LogP contribution in [0, 0.1) is 0 Å². The van der Waals surface area contributed by atoms with E-state index >= 15 is 0 Å². The molecule has 0 bridgehead atoms. The molecule has 0 amide bonds. The van der Waals surface area contributed by atoms with E-state index in [0.717, 1.165) is 32.5 Å². The number of hydrogen-bond acceptors (Lipinski definition) is 4. The van der Waals surface area contributed by atoms with Gasteiger partial charge in [0.2, 0.25) is 0 Å². The third kappa shape index (κ3) is 3.01. The highest BCUT2D eigenvalue weighted by Gasteiger charge is 2.44. The Hall–Kier alpha value is -0.130. The van der Waals surface area contributed by atoms with E-state index in [1.54, 1.807) is 0 Å². The van der Waals surface area contributed by atoms with Crippen LogP contribution < -0.4 is 5.32 Å². The second kappa shape index (κ2) is 4.21. The van der Waals surface area contributed by atoms with Crippen LogP contribution in [0.3, 0.4) is 0 Å². The monoisotopic (exact) mass is 260 g/mol. The molecule has 2 heterocycles. The fraction of sp³-hybridized carbons (Fsp3) is 1.00. The third-order valence-electron chi connectivity index (χ3n) is 4.04. The van der Waals surface area contributed by atoms with Gasteiger partial charge >= 0.3 is 0 Å². The molecule has 0 aromatic carbocycles. The van der Waals surface area contributed by atoms with Gasteiger partial charge in [-0.3, -0.25) is 4.90 Å². The zero-order chi connectivity index (χ0) is 12.7. The second-order valence-electron chi connectivity index (χ2n) is 6.42. The van der Waals surface area contributed by atoms with Crippen LogP contribution in [0.4, 0.5) is 0 Å². The molecule has 0 saturated carbocycles. The van der Waals surface area contributed by atoms with Crippen molar-refractivity contribution in [3.8, 4) is 0 Å². The van der Waals surface area contributed by atoms with E-state index in [0.29, 0.717) is 11.5 Å². The van der Waals surface area contributed by atoms with Gasteiger partial charge in [0.25, 0.3) is 0 Å². The lowest BCUT2D eigenvalue weighted by molar-refractivity contribution is 0.107. The molecule has 0 aliphatic carbocycles. The molecular weight excluding hydrogens is 236 g/mol. The molecule has 0 spiro atoms. The van der Waals surface area contributed by atoms with E-state index in [1.807, 2.05) is 0 Å². The second-order valence-corrected chi connectivity index (χ2v) is 8.61. The van der Waals surface area contributed by atoms with Gasteiger partial charge in [-0.15, -0.1) is 0 Å². The van der Waals surface area contributed by atoms with E-state index in [1.165, 1.54) is 0 Å². The Morgan fingerprint density at radius 1 is 1.24 bits per heavy atom. The Labute approximate surface area is 105 Å². The molecule has 1 N–H and O–H groups in total. The molecule has 0 radical (unpaired) electrons. The minimum absolute atomic E-state index is 0.0753. The zero-order valence-corrected chi connectivity index (χ0v) is 11.9. The fourth-order valence-electron chi connectivity index (χ4n) is 3.01. The molecule has 2 aliphatic heterocycles. The van der Waals surface area contributed by atoms with Crippen LogP contribution in [0.2, 0.25) is 0 Å². The SMILES string of the molecule is CC1(C)CN(C2(C)CCS(=O)(=O)C2)CCCN1. The summed E-state index contributed by atoms with van der Waals surface area (Å²) in [4.78, 5) is 2.39. The van der Waals surface area contributed by atoms with Gasteiger partial charge in [0.15, 0.2) is 9.84 Å². The Bertz CT molecular complexity index is 391. The smallest absolute Gasteiger partial charge is 0.152 e. The van der Waals surface area contributed by atoms with Gasteiger partial charge in [-0.2, -0.15) is 0 Å². The van der Waals surface area contributed by atoms with Crippen molar-refractivity contribution in [3.05, 3.63) is 0 Å². The first kappa shape index (κ1) is 13.3. The summed E-state index contributed by atoms with van der Waals surface area (Å²) in [6.45, 7) is 9.45. The maximum Gasteiger partial charge on any atom is 0.152 e. The number of rotatable bonds is 1. The van der Waals surface area contributed by atoms with Gasteiger partial charge in [0.1, 0.15) is 0 Å². The van der Waals surface area contributed by atoms with E-state index in [4.69, 9.17) is 0 Å². The number of nitrogens with one attached hydrogen (secondary N) is 1. The van der Waals surface area contributed by atoms with Crippen molar-refractivity contribution in [3.63, 3.8) is 0 Å². The molecule has 2 saturated heterocycles. The quantitative estimate of drug-likeness (QED) is 0.751. The number of sulfone groups is 1. The van der Waals surface area contributed by atoms with Gasteiger partial charge in [-0.1, -0.05) is 0 Å². The topological polar surface area (TPSA) is 49.4 Å². The van der Waals surface area contributed by atoms with E-state index in [-0.39, 0.29) is 11.1 Å². The summed E-state index contributed by atoms with van der Waals surface area (Å²) in [5.74, 6) is 0.684. The first-order valence-electron chi connectivity index (χ1n) is 6.43. The number of hydrogen-bond donors (Lipinski definition) is 1. The summed E-state index contributed by atoms with van der Waals surface area (Å²) >= 11 is 0. The first-order valence-corrected chi connectivity index (χ1v) is 8.25. The average Bonchev–Trinajstić information content (AvgIpc) is 2.36. The van der Waals surface area contributed by atoms with Crippen LogP contribution in [0.1, 0.15) is 33.6 Å². The Morgan fingerprint density at radius 2 is 1.94 bits per heavy atom. The summed E-state index contributed by atoms with van der Waals surface area (Å²) in [5, 5.41) is 3.52. The van der Waals surface area contributed by atoms with E-state index in [9.17, 15) is 8.42 Å². The van der Waals surface area contributed by atoms with Crippen molar-refractivity contribution < 1.29 is 8.42 Å². The maximum atomic E-state index is 11.7.